The number of halogens is 3. The number of carbonyl (C=O) groups excluding carboxylic acids is 1. The van der Waals surface area contributed by atoms with E-state index in [1.807, 2.05) is 36.1 Å². The minimum atomic E-state index is -4.35. The van der Waals surface area contributed by atoms with Gasteiger partial charge in [-0.2, -0.15) is 13.2 Å². The predicted octanol–water partition coefficient (Wildman–Crippen LogP) is 4.05. The van der Waals surface area contributed by atoms with Gasteiger partial charge in [-0.3, -0.25) is 0 Å². The maximum absolute atomic E-state index is 12.9. The van der Waals surface area contributed by atoms with Gasteiger partial charge in [-0.1, -0.05) is 30.3 Å². The Morgan fingerprint density at radius 2 is 1.74 bits per heavy atom. The van der Waals surface area contributed by atoms with E-state index in [1.165, 1.54) is 6.07 Å². The standard InChI is InChI=1S/C20H22F3N3O/c1-15-5-2-3-6-16(15)14-24-19(27)26-11-9-25(10-12-26)18-8-4-7-17(13-18)20(21,22)23/h2-8,13H,9-12,14H2,1H3,(H,24,27). The fraction of sp³-hybridized carbons (Fsp3) is 0.350. The smallest absolute Gasteiger partial charge is 0.368 e. The second-order valence-electron chi connectivity index (χ2n) is 6.61. The number of alkyl halides is 3. The van der Waals surface area contributed by atoms with Crippen molar-refractivity contribution in [3.8, 4) is 0 Å². The molecule has 144 valence electrons. The SMILES string of the molecule is Cc1ccccc1CNC(=O)N1CCN(c2cccc(C(F)(F)F)c2)CC1. The lowest BCUT2D eigenvalue weighted by atomic mass is 10.1. The number of benzene rings is 2. The number of carbonyl (C=O) groups is 1. The molecule has 0 bridgehead atoms. The monoisotopic (exact) mass is 377 g/mol. The number of nitrogens with one attached hydrogen (secondary N) is 1. The Morgan fingerprint density at radius 1 is 1.04 bits per heavy atom. The van der Waals surface area contributed by atoms with E-state index < -0.39 is 11.7 Å². The van der Waals surface area contributed by atoms with Crippen LogP contribution in [0.1, 0.15) is 16.7 Å². The topological polar surface area (TPSA) is 35.6 Å². The lowest BCUT2D eigenvalue weighted by Gasteiger charge is -2.36. The molecular formula is C20H22F3N3O. The minimum Gasteiger partial charge on any atom is -0.368 e. The van der Waals surface area contributed by atoms with Crippen LogP contribution in [0.4, 0.5) is 23.7 Å². The minimum absolute atomic E-state index is 0.151. The maximum atomic E-state index is 12.9. The van der Waals surface area contributed by atoms with Crippen molar-refractivity contribution in [1.29, 1.82) is 0 Å². The van der Waals surface area contributed by atoms with Crippen molar-refractivity contribution in [1.82, 2.24) is 10.2 Å². The van der Waals surface area contributed by atoms with Gasteiger partial charge in [0.25, 0.3) is 0 Å². The predicted molar refractivity (Wildman–Crippen MR) is 98.6 cm³/mol. The first-order valence-corrected chi connectivity index (χ1v) is 8.84. The maximum Gasteiger partial charge on any atom is 0.416 e. The normalized spacial score (nSPS) is 15.0. The first-order valence-electron chi connectivity index (χ1n) is 8.84. The average molecular weight is 377 g/mol. The molecule has 1 N–H and O–H groups in total. The van der Waals surface area contributed by atoms with Gasteiger partial charge in [-0.25, -0.2) is 4.79 Å². The summed E-state index contributed by atoms with van der Waals surface area (Å²) in [5.74, 6) is 0. The molecule has 0 spiro atoms. The fourth-order valence-electron chi connectivity index (χ4n) is 3.14. The Bertz CT molecular complexity index is 799. The molecule has 0 unspecified atom stereocenters. The Hall–Kier alpha value is -2.70. The Morgan fingerprint density at radius 3 is 2.41 bits per heavy atom. The van der Waals surface area contributed by atoms with Crippen molar-refractivity contribution in [3.63, 3.8) is 0 Å². The summed E-state index contributed by atoms with van der Waals surface area (Å²) < 4.78 is 38.6. The number of urea groups is 1. The molecule has 1 aliphatic heterocycles. The van der Waals surface area contributed by atoms with Crippen molar-refractivity contribution in [2.24, 2.45) is 0 Å². The molecule has 4 nitrogen and oxygen atoms in total. The molecular weight excluding hydrogens is 355 g/mol. The van der Waals surface area contributed by atoms with E-state index in [-0.39, 0.29) is 6.03 Å². The number of rotatable bonds is 3. The fourth-order valence-corrected chi connectivity index (χ4v) is 3.14. The first-order chi connectivity index (χ1) is 12.8. The summed E-state index contributed by atoms with van der Waals surface area (Å²) in [5, 5.41) is 2.91. The van der Waals surface area contributed by atoms with Crippen molar-refractivity contribution in [2.45, 2.75) is 19.6 Å². The van der Waals surface area contributed by atoms with Crippen LogP contribution in [0.25, 0.3) is 0 Å². The molecule has 1 saturated heterocycles. The molecule has 2 aromatic carbocycles. The molecule has 2 aromatic rings. The van der Waals surface area contributed by atoms with Gasteiger partial charge in [0, 0.05) is 38.4 Å². The number of anilines is 1. The van der Waals surface area contributed by atoms with Gasteiger partial charge in [0.15, 0.2) is 0 Å². The molecule has 1 heterocycles. The van der Waals surface area contributed by atoms with Gasteiger partial charge in [0.05, 0.1) is 5.56 Å². The first kappa shape index (κ1) is 19.1. The highest BCUT2D eigenvalue weighted by Gasteiger charge is 2.31. The molecule has 1 fully saturated rings. The zero-order valence-corrected chi connectivity index (χ0v) is 15.1. The van der Waals surface area contributed by atoms with Crippen LogP contribution in [0, 0.1) is 6.92 Å². The summed E-state index contributed by atoms with van der Waals surface area (Å²) in [6, 6.07) is 13.0. The van der Waals surface area contributed by atoms with Gasteiger partial charge in [0.1, 0.15) is 0 Å². The molecule has 27 heavy (non-hydrogen) atoms. The summed E-state index contributed by atoms with van der Waals surface area (Å²) in [6.07, 6.45) is -4.35. The van der Waals surface area contributed by atoms with Gasteiger partial charge in [-0.05, 0) is 36.2 Å². The van der Waals surface area contributed by atoms with E-state index in [4.69, 9.17) is 0 Å². The van der Waals surface area contributed by atoms with Crippen LogP contribution in [-0.2, 0) is 12.7 Å². The van der Waals surface area contributed by atoms with Crippen LogP contribution in [0.5, 0.6) is 0 Å². The number of piperazine rings is 1. The lowest BCUT2D eigenvalue weighted by molar-refractivity contribution is -0.137. The third-order valence-electron chi connectivity index (χ3n) is 4.80. The number of nitrogens with zero attached hydrogens (tertiary/aromatic N) is 2. The second kappa shape index (κ2) is 7.90. The molecule has 3 rings (SSSR count). The summed E-state index contributed by atoms with van der Waals surface area (Å²) in [6.45, 7) is 4.39. The second-order valence-corrected chi connectivity index (χ2v) is 6.61. The number of amides is 2. The van der Waals surface area contributed by atoms with E-state index in [1.54, 1.807) is 11.0 Å². The van der Waals surface area contributed by atoms with E-state index >= 15 is 0 Å². The summed E-state index contributed by atoms with van der Waals surface area (Å²) in [5.41, 5.74) is 2.06. The largest absolute Gasteiger partial charge is 0.416 e. The van der Waals surface area contributed by atoms with Crippen molar-refractivity contribution >= 4 is 11.7 Å². The highest BCUT2D eigenvalue weighted by molar-refractivity contribution is 5.74. The van der Waals surface area contributed by atoms with E-state index in [0.717, 1.165) is 23.3 Å². The van der Waals surface area contributed by atoms with Crippen molar-refractivity contribution < 1.29 is 18.0 Å². The van der Waals surface area contributed by atoms with Crippen LogP contribution in [0.3, 0.4) is 0 Å². The van der Waals surface area contributed by atoms with Crippen LogP contribution in [0.2, 0.25) is 0 Å². The Labute approximate surface area is 156 Å². The number of aryl methyl sites for hydroxylation is 1. The highest BCUT2D eigenvalue weighted by atomic mass is 19.4. The van der Waals surface area contributed by atoms with Crippen LogP contribution < -0.4 is 10.2 Å². The quantitative estimate of drug-likeness (QED) is 0.876. The lowest BCUT2D eigenvalue weighted by Crippen LogP contribution is -2.51. The number of hydrogen-bond donors (Lipinski definition) is 1. The van der Waals surface area contributed by atoms with E-state index in [9.17, 15) is 18.0 Å². The summed E-state index contributed by atoms with van der Waals surface area (Å²) in [7, 11) is 0. The summed E-state index contributed by atoms with van der Waals surface area (Å²) >= 11 is 0. The van der Waals surface area contributed by atoms with Gasteiger partial charge in [0.2, 0.25) is 0 Å². The zero-order chi connectivity index (χ0) is 19.4. The molecule has 2 amide bonds. The van der Waals surface area contributed by atoms with Gasteiger partial charge >= 0.3 is 12.2 Å². The Kier molecular flexibility index (Phi) is 5.58. The molecule has 1 aliphatic rings. The number of hydrogen-bond acceptors (Lipinski definition) is 2. The Balaban J connectivity index is 1.54. The third-order valence-corrected chi connectivity index (χ3v) is 4.80. The molecule has 7 heteroatoms. The van der Waals surface area contributed by atoms with E-state index in [0.29, 0.717) is 38.4 Å². The van der Waals surface area contributed by atoms with Gasteiger partial charge < -0.3 is 15.1 Å². The van der Waals surface area contributed by atoms with Crippen LogP contribution in [-0.4, -0.2) is 37.1 Å². The van der Waals surface area contributed by atoms with Crippen molar-refractivity contribution in [3.05, 3.63) is 65.2 Å². The molecule has 0 radical (unpaired) electrons. The molecule has 0 aliphatic carbocycles. The average Bonchev–Trinajstić information content (AvgIpc) is 2.67. The highest BCUT2D eigenvalue weighted by Crippen LogP contribution is 2.31. The summed E-state index contributed by atoms with van der Waals surface area (Å²) in [4.78, 5) is 15.9. The van der Waals surface area contributed by atoms with Crippen molar-refractivity contribution in [2.75, 3.05) is 31.1 Å². The van der Waals surface area contributed by atoms with Gasteiger partial charge in [-0.15, -0.1) is 0 Å². The van der Waals surface area contributed by atoms with Crippen LogP contribution in [0.15, 0.2) is 48.5 Å². The molecule has 0 saturated carbocycles. The third kappa shape index (κ3) is 4.72. The van der Waals surface area contributed by atoms with E-state index in [2.05, 4.69) is 5.32 Å². The van der Waals surface area contributed by atoms with Crippen LogP contribution >= 0.6 is 0 Å². The zero-order valence-electron chi connectivity index (χ0n) is 15.1. The molecule has 0 atom stereocenters. The molecule has 0 aromatic heterocycles.